The maximum absolute atomic E-state index is 13.9. The highest BCUT2D eigenvalue weighted by molar-refractivity contribution is 6.45. The summed E-state index contributed by atoms with van der Waals surface area (Å²) in [5.74, 6) is -1.77. The van der Waals surface area contributed by atoms with Crippen molar-refractivity contribution in [1.29, 1.82) is 0 Å². The average molecular weight is 533 g/mol. The minimum Gasteiger partial charge on any atom is -0.858 e. The van der Waals surface area contributed by atoms with Crippen LogP contribution in [-0.4, -0.2) is 26.5 Å². The topological polar surface area (TPSA) is 82.1 Å². The molecule has 1 aliphatic heterocycles. The van der Waals surface area contributed by atoms with Gasteiger partial charge in [-0.05, 0) is 35.6 Å². The summed E-state index contributed by atoms with van der Waals surface area (Å²) in [5.41, 5.74) is 1.83. The van der Waals surface area contributed by atoms with Crippen molar-refractivity contribution in [2.75, 3.05) is 0 Å². The van der Waals surface area contributed by atoms with E-state index in [-0.39, 0.29) is 34.3 Å². The standard InChI is InChI=1S/C28H22Cl2N4O3/c1-17(2)24-22(27(36)34(31-24)19-11-12-20(29)21(30)15-19)23-25(32-13-7-4-8-14-32)28(37)33(26(23)35)16-18-9-5-3-6-10-18/h3-15,17H,16H2,1-2H3. The third kappa shape index (κ3) is 4.41. The molecule has 0 fully saturated rings. The Balaban J connectivity index is 1.73. The molecule has 0 unspecified atom stereocenters. The molecule has 3 heterocycles. The molecule has 0 saturated heterocycles. The first-order valence-corrected chi connectivity index (χ1v) is 12.4. The predicted octanol–water partition coefficient (Wildman–Crippen LogP) is 4.60. The van der Waals surface area contributed by atoms with Crippen molar-refractivity contribution in [1.82, 2.24) is 14.7 Å². The second-order valence-corrected chi connectivity index (χ2v) is 9.73. The van der Waals surface area contributed by atoms with Gasteiger partial charge in [0.1, 0.15) is 5.57 Å². The predicted molar refractivity (Wildman–Crippen MR) is 139 cm³/mol. The van der Waals surface area contributed by atoms with E-state index in [4.69, 9.17) is 23.2 Å². The van der Waals surface area contributed by atoms with Crippen molar-refractivity contribution >= 4 is 46.3 Å². The van der Waals surface area contributed by atoms with E-state index in [9.17, 15) is 14.7 Å². The van der Waals surface area contributed by atoms with Crippen molar-refractivity contribution in [3.8, 4) is 11.6 Å². The van der Waals surface area contributed by atoms with E-state index in [1.165, 1.54) is 15.6 Å². The molecule has 0 atom stereocenters. The molecule has 2 aromatic carbocycles. The normalized spacial score (nSPS) is 13.8. The Hall–Kier alpha value is -3.94. The molecule has 2 aromatic heterocycles. The molecule has 1 aliphatic rings. The summed E-state index contributed by atoms with van der Waals surface area (Å²) in [4.78, 5) is 28.8. The zero-order chi connectivity index (χ0) is 26.3. The monoisotopic (exact) mass is 532 g/mol. The molecule has 2 amide bonds. The number of hydrogen-bond donors (Lipinski definition) is 0. The number of halogens is 2. The van der Waals surface area contributed by atoms with Crippen molar-refractivity contribution in [2.24, 2.45) is 0 Å². The van der Waals surface area contributed by atoms with Crippen LogP contribution < -0.4 is 9.67 Å². The van der Waals surface area contributed by atoms with Gasteiger partial charge in [-0.3, -0.25) is 14.5 Å². The van der Waals surface area contributed by atoms with Gasteiger partial charge in [0.25, 0.3) is 11.6 Å². The van der Waals surface area contributed by atoms with Crippen molar-refractivity contribution in [3.05, 3.63) is 106 Å². The molecule has 4 aromatic rings. The van der Waals surface area contributed by atoms with Gasteiger partial charge in [0.2, 0.25) is 0 Å². The van der Waals surface area contributed by atoms with Crippen LogP contribution >= 0.6 is 23.2 Å². The van der Waals surface area contributed by atoms with Gasteiger partial charge < -0.3 is 5.11 Å². The summed E-state index contributed by atoms with van der Waals surface area (Å²) >= 11 is 12.3. The van der Waals surface area contributed by atoms with Crippen LogP contribution in [0.3, 0.4) is 0 Å². The van der Waals surface area contributed by atoms with Crippen LogP contribution in [0.1, 0.15) is 36.6 Å². The van der Waals surface area contributed by atoms with Gasteiger partial charge in [-0.2, -0.15) is 9.67 Å². The lowest BCUT2D eigenvalue weighted by atomic mass is 9.98. The summed E-state index contributed by atoms with van der Waals surface area (Å²) in [7, 11) is 0. The summed E-state index contributed by atoms with van der Waals surface area (Å²) in [6.07, 6.45) is 3.35. The van der Waals surface area contributed by atoms with Gasteiger partial charge in [0.15, 0.2) is 12.4 Å². The van der Waals surface area contributed by atoms with Gasteiger partial charge >= 0.3 is 5.91 Å². The van der Waals surface area contributed by atoms with Crippen LogP contribution in [-0.2, 0) is 16.1 Å². The highest BCUT2D eigenvalue weighted by Gasteiger charge is 2.46. The largest absolute Gasteiger partial charge is 0.858 e. The maximum atomic E-state index is 13.9. The van der Waals surface area contributed by atoms with Crippen LogP contribution in [0.5, 0.6) is 5.88 Å². The number of aromatic nitrogens is 3. The maximum Gasteiger partial charge on any atom is 0.327 e. The first-order valence-electron chi connectivity index (χ1n) is 11.6. The zero-order valence-electron chi connectivity index (χ0n) is 20.1. The number of amides is 2. The molecule has 5 rings (SSSR count). The van der Waals surface area contributed by atoms with Gasteiger partial charge in [-0.1, -0.05) is 73.4 Å². The third-order valence-electron chi connectivity index (χ3n) is 6.12. The Morgan fingerprint density at radius 1 is 0.919 bits per heavy atom. The smallest absolute Gasteiger partial charge is 0.327 e. The van der Waals surface area contributed by atoms with E-state index in [0.717, 1.165) is 5.56 Å². The van der Waals surface area contributed by atoms with Crippen molar-refractivity contribution < 1.29 is 19.3 Å². The van der Waals surface area contributed by atoms with E-state index < -0.39 is 17.7 Å². The third-order valence-corrected chi connectivity index (χ3v) is 6.85. The highest BCUT2D eigenvalue weighted by Crippen LogP contribution is 2.40. The Morgan fingerprint density at radius 3 is 2.24 bits per heavy atom. The Labute approximate surface area is 223 Å². The van der Waals surface area contributed by atoms with Crippen LogP contribution in [0, 0.1) is 0 Å². The Morgan fingerprint density at radius 2 is 1.59 bits per heavy atom. The first kappa shape index (κ1) is 24.7. The second kappa shape index (κ2) is 9.84. The molecular formula is C28H22Cl2N4O3. The molecular weight excluding hydrogens is 511 g/mol. The van der Waals surface area contributed by atoms with E-state index in [2.05, 4.69) is 5.10 Å². The van der Waals surface area contributed by atoms with E-state index in [1.807, 2.05) is 44.2 Å². The average Bonchev–Trinajstić information content (AvgIpc) is 3.35. The molecule has 0 spiro atoms. The summed E-state index contributed by atoms with van der Waals surface area (Å²) in [6, 6.07) is 19.3. The second-order valence-electron chi connectivity index (χ2n) is 8.92. The van der Waals surface area contributed by atoms with Crippen LogP contribution in [0.4, 0.5) is 0 Å². The van der Waals surface area contributed by atoms with Crippen LogP contribution in [0.2, 0.25) is 10.0 Å². The molecule has 0 bridgehead atoms. The van der Waals surface area contributed by atoms with Gasteiger partial charge in [-0.25, -0.2) is 4.68 Å². The molecule has 0 aliphatic carbocycles. The van der Waals surface area contributed by atoms with Gasteiger partial charge in [-0.15, -0.1) is 0 Å². The van der Waals surface area contributed by atoms with E-state index >= 15 is 0 Å². The number of nitrogens with zero attached hydrogens (tertiary/aromatic N) is 4. The fraction of sp³-hybridized carbons (Fsp3) is 0.143. The molecule has 0 radical (unpaired) electrons. The number of carbonyl (C=O) groups excluding carboxylic acids is 2. The molecule has 7 nitrogen and oxygen atoms in total. The fourth-order valence-corrected chi connectivity index (χ4v) is 4.63. The quantitative estimate of drug-likeness (QED) is 0.268. The van der Waals surface area contributed by atoms with Gasteiger partial charge in [0.05, 0.1) is 28.0 Å². The Bertz CT molecular complexity index is 1550. The van der Waals surface area contributed by atoms with Crippen LogP contribution in [0.25, 0.3) is 17.0 Å². The summed E-state index contributed by atoms with van der Waals surface area (Å²) in [5, 5.41) is 19.0. The molecule has 0 N–H and O–H groups in total. The molecule has 0 saturated carbocycles. The van der Waals surface area contributed by atoms with Crippen molar-refractivity contribution in [2.45, 2.75) is 26.3 Å². The lowest BCUT2D eigenvalue weighted by Crippen LogP contribution is -2.39. The van der Waals surface area contributed by atoms with Crippen LogP contribution in [0.15, 0.2) is 79.1 Å². The number of pyridine rings is 1. The molecule has 9 heteroatoms. The number of hydrogen-bond acceptors (Lipinski definition) is 4. The number of benzene rings is 2. The van der Waals surface area contributed by atoms with E-state index in [0.29, 0.717) is 16.4 Å². The summed E-state index contributed by atoms with van der Waals surface area (Å²) in [6.45, 7) is 3.83. The van der Waals surface area contributed by atoms with Gasteiger partial charge in [0, 0.05) is 17.7 Å². The lowest BCUT2D eigenvalue weighted by molar-refractivity contribution is -0.576. The minimum atomic E-state index is -0.548. The number of imide groups is 1. The van der Waals surface area contributed by atoms with E-state index in [1.54, 1.807) is 47.3 Å². The summed E-state index contributed by atoms with van der Waals surface area (Å²) < 4.78 is 2.77. The van der Waals surface area contributed by atoms with Crippen molar-refractivity contribution in [3.63, 3.8) is 0 Å². The SMILES string of the molecule is CC(C)c1nn(-c2ccc(Cl)c(Cl)c2)c([O-])c1C1=C([n+]2ccccc2)C(=O)N(Cc2ccccc2)C1=O. The number of rotatable bonds is 6. The highest BCUT2D eigenvalue weighted by atomic mass is 35.5. The Kier molecular flexibility index (Phi) is 6.58. The molecule has 186 valence electrons. The minimum absolute atomic E-state index is 0.0251. The lowest BCUT2D eigenvalue weighted by Gasteiger charge is -2.16. The first-order chi connectivity index (χ1) is 17.8. The molecule has 37 heavy (non-hydrogen) atoms. The fourth-order valence-electron chi connectivity index (χ4n) is 4.33. The zero-order valence-corrected chi connectivity index (χ0v) is 21.6. The number of carbonyl (C=O) groups is 2.